The summed E-state index contributed by atoms with van der Waals surface area (Å²) in [6.45, 7) is 5.86. The van der Waals surface area contributed by atoms with Crippen LogP contribution in [-0.4, -0.2) is 79.1 Å². The van der Waals surface area contributed by atoms with Crippen molar-refractivity contribution in [2.24, 2.45) is 5.92 Å². The molecule has 0 aliphatic carbocycles. The van der Waals surface area contributed by atoms with Gasteiger partial charge < -0.3 is 20.5 Å². The van der Waals surface area contributed by atoms with Crippen LogP contribution in [0.1, 0.15) is 51.0 Å². The van der Waals surface area contributed by atoms with Gasteiger partial charge in [0.2, 0.25) is 5.91 Å². The number of carbonyl (C=O) groups excluding carboxylic acids is 2. The van der Waals surface area contributed by atoms with Gasteiger partial charge in [0.05, 0.1) is 18.6 Å². The summed E-state index contributed by atoms with van der Waals surface area (Å²) < 4.78 is 37.4. The topological polar surface area (TPSA) is 117 Å². The zero-order valence-corrected chi connectivity index (χ0v) is 21.3. The van der Waals surface area contributed by atoms with Gasteiger partial charge in [0, 0.05) is 25.6 Å². The summed E-state index contributed by atoms with van der Waals surface area (Å²) in [4.78, 5) is 41.0. The van der Waals surface area contributed by atoms with E-state index in [9.17, 15) is 22.8 Å². The summed E-state index contributed by atoms with van der Waals surface area (Å²) in [7, 11) is 1.64. The van der Waals surface area contributed by atoms with E-state index in [2.05, 4.69) is 10.6 Å². The number of halogens is 3. The number of hydrogen-bond acceptors (Lipinski definition) is 6. The molecule has 0 spiro atoms. The average Bonchev–Trinajstić information content (AvgIpc) is 3.42. The predicted molar refractivity (Wildman–Crippen MR) is 128 cm³/mol. The first kappa shape index (κ1) is 30.5. The predicted octanol–water partition coefficient (Wildman–Crippen LogP) is 2.87. The Kier molecular flexibility index (Phi) is 11.8. The van der Waals surface area contributed by atoms with E-state index in [4.69, 9.17) is 19.5 Å². The maximum atomic E-state index is 13.3. The van der Waals surface area contributed by atoms with Crippen LogP contribution in [0.3, 0.4) is 0 Å². The van der Waals surface area contributed by atoms with E-state index in [-0.39, 0.29) is 35.8 Å². The number of alkyl halides is 3. The number of hydrogen-bond donors (Lipinski definition) is 3. The van der Waals surface area contributed by atoms with Crippen molar-refractivity contribution in [3.63, 3.8) is 0 Å². The summed E-state index contributed by atoms with van der Waals surface area (Å²) >= 11 is 0. The molecule has 5 atom stereocenters. The fourth-order valence-corrected chi connectivity index (χ4v) is 4.42. The second-order valence-corrected chi connectivity index (χ2v) is 9.16. The van der Waals surface area contributed by atoms with E-state index in [1.807, 2.05) is 44.2 Å². The highest BCUT2D eigenvalue weighted by atomic mass is 19.4. The molecule has 12 heteroatoms. The van der Waals surface area contributed by atoms with E-state index < -0.39 is 18.2 Å². The first-order valence-corrected chi connectivity index (χ1v) is 12.3. The van der Waals surface area contributed by atoms with Crippen molar-refractivity contribution in [2.75, 3.05) is 26.8 Å². The lowest BCUT2D eigenvalue weighted by molar-refractivity contribution is -0.200. The quantitative estimate of drug-likeness (QED) is 0.472. The van der Waals surface area contributed by atoms with Gasteiger partial charge in [0.15, 0.2) is 0 Å². The smallest absolute Gasteiger partial charge is 0.475 e. The number of nitrogens with zero attached hydrogens (tertiary/aromatic N) is 1. The molecule has 2 aliphatic heterocycles. The molecule has 2 fully saturated rings. The molecular weight excluding hydrogens is 495 g/mol. The van der Waals surface area contributed by atoms with Crippen LogP contribution in [0, 0.1) is 5.92 Å². The number of ether oxygens (including phenoxy) is 1. The van der Waals surface area contributed by atoms with Crippen molar-refractivity contribution in [2.45, 2.75) is 69.8 Å². The van der Waals surface area contributed by atoms with Crippen molar-refractivity contribution in [3.05, 3.63) is 35.9 Å². The molecule has 2 aliphatic rings. The SMILES string of the molecule is CO[C@@H]([C@@H]1CCCN1)[C@@H](C)C(=O)N[C@H](C(=O)N1CCCCO1)[C@@H](C)c1ccccc1.O=C(O)C(F)(F)F. The van der Waals surface area contributed by atoms with Crippen LogP contribution in [-0.2, 0) is 24.0 Å². The van der Waals surface area contributed by atoms with Crippen LogP contribution in [0.25, 0.3) is 0 Å². The first-order chi connectivity index (χ1) is 17.5. The van der Waals surface area contributed by atoms with Crippen molar-refractivity contribution in [3.8, 4) is 0 Å². The Labute approximate surface area is 214 Å². The second kappa shape index (κ2) is 14.3. The molecule has 37 heavy (non-hydrogen) atoms. The molecule has 0 bridgehead atoms. The molecule has 3 rings (SSSR count). The number of amides is 2. The van der Waals surface area contributed by atoms with Crippen LogP contribution < -0.4 is 10.6 Å². The number of carboxylic acids is 1. The number of carboxylic acid groups (broad SMARTS) is 1. The lowest BCUT2D eigenvalue weighted by Crippen LogP contribution is -2.55. The van der Waals surface area contributed by atoms with Crippen LogP contribution in [0.5, 0.6) is 0 Å². The molecular formula is C25H36F3N3O6. The molecule has 1 aromatic rings. The Balaban J connectivity index is 0.000000604. The first-order valence-electron chi connectivity index (χ1n) is 12.3. The Bertz CT molecular complexity index is 874. The third-order valence-corrected chi connectivity index (χ3v) is 6.55. The lowest BCUT2D eigenvalue weighted by Gasteiger charge is -2.34. The van der Waals surface area contributed by atoms with E-state index in [0.29, 0.717) is 13.2 Å². The van der Waals surface area contributed by atoms with Crippen molar-refractivity contribution in [1.82, 2.24) is 15.7 Å². The third kappa shape index (κ3) is 8.97. The van der Waals surface area contributed by atoms with Crippen LogP contribution in [0.4, 0.5) is 13.2 Å². The fourth-order valence-electron chi connectivity index (χ4n) is 4.42. The molecule has 0 unspecified atom stereocenters. The molecule has 2 saturated heterocycles. The zero-order valence-electron chi connectivity index (χ0n) is 21.3. The number of rotatable bonds is 8. The van der Waals surface area contributed by atoms with E-state index in [1.165, 1.54) is 5.06 Å². The standard InChI is InChI=1S/C23H35N3O4.C2HF3O2/c1-16(18-10-5-4-6-11-18)20(23(28)26-14-7-8-15-30-26)25-22(27)17(2)21(29-3)19-12-9-13-24-19;3-2(4,5)1(6)7/h4-6,10-11,16-17,19-21,24H,7-9,12-15H2,1-3H3,(H,25,27);(H,6,7)/t16-,17+,19-,20-,21+;/m0./s1. The van der Waals surface area contributed by atoms with Gasteiger partial charge in [-0.3, -0.25) is 14.4 Å². The number of benzene rings is 1. The molecule has 208 valence electrons. The van der Waals surface area contributed by atoms with E-state index in [1.54, 1.807) is 7.11 Å². The van der Waals surface area contributed by atoms with Crippen molar-refractivity contribution in [1.29, 1.82) is 0 Å². The van der Waals surface area contributed by atoms with Gasteiger partial charge >= 0.3 is 12.1 Å². The van der Waals surface area contributed by atoms with Gasteiger partial charge in [0.25, 0.3) is 5.91 Å². The highest BCUT2D eigenvalue weighted by Crippen LogP contribution is 2.24. The Morgan fingerprint density at radius 3 is 2.30 bits per heavy atom. The summed E-state index contributed by atoms with van der Waals surface area (Å²) in [5.41, 5.74) is 1.00. The minimum atomic E-state index is -5.08. The zero-order chi connectivity index (χ0) is 27.6. The lowest BCUT2D eigenvalue weighted by atomic mass is 9.90. The second-order valence-electron chi connectivity index (χ2n) is 9.16. The molecule has 1 aromatic carbocycles. The summed E-state index contributed by atoms with van der Waals surface area (Å²) in [6.07, 6.45) is -1.41. The highest BCUT2D eigenvalue weighted by molar-refractivity contribution is 5.89. The van der Waals surface area contributed by atoms with E-state index in [0.717, 1.165) is 37.8 Å². The minimum Gasteiger partial charge on any atom is -0.475 e. The maximum Gasteiger partial charge on any atom is 0.490 e. The molecule has 0 aromatic heterocycles. The molecule has 0 radical (unpaired) electrons. The van der Waals surface area contributed by atoms with E-state index >= 15 is 0 Å². The average molecular weight is 532 g/mol. The van der Waals surface area contributed by atoms with Crippen molar-refractivity contribution >= 4 is 17.8 Å². The molecule has 2 heterocycles. The van der Waals surface area contributed by atoms with Gasteiger partial charge in [-0.25, -0.2) is 9.86 Å². The number of carbonyl (C=O) groups is 3. The van der Waals surface area contributed by atoms with Crippen LogP contribution >= 0.6 is 0 Å². The number of methoxy groups -OCH3 is 1. The van der Waals surface area contributed by atoms with Crippen LogP contribution in [0.15, 0.2) is 30.3 Å². The largest absolute Gasteiger partial charge is 0.490 e. The molecule has 2 amide bonds. The van der Waals surface area contributed by atoms with Gasteiger partial charge in [-0.05, 0) is 37.8 Å². The molecule has 3 N–H and O–H groups in total. The fraction of sp³-hybridized carbons (Fsp3) is 0.640. The Hall–Kier alpha value is -2.70. The van der Waals surface area contributed by atoms with Crippen molar-refractivity contribution < 1.29 is 42.2 Å². The van der Waals surface area contributed by atoms with Gasteiger partial charge in [-0.2, -0.15) is 13.2 Å². The summed E-state index contributed by atoms with van der Waals surface area (Å²) in [5, 5.41) is 15.0. The highest BCUT2D eigenvalue weighted by Gasteiger charge is 2.39. The normalized spacial score (nSPS) is 21.1. The Morgan fingerprint density at radius 2 is 1.81 bits per heavy atom. The van der Waals surface area contributed by atoms with Crippen LogP contribution in [0.2, 0.25) is 0 Å². The Morgan fingerprint density at radius 1 is 1.16 bits per heavy atom. The van der Waals surface area contributed by atoms with Gasteiger partial charge in [-0.1, -0.05) is 44.2 Å². The monoisotopic (exact) mass is 531 g/mol. The maximum absolute atomic E-state index is 13.3. The minimum absolute atomic E-state index is 0.155. The third-order valence-electron chi connectivity index (χ3n) is 6.55. The summed E-state index contributed by atoms with van der Waals surface area (Å²) in [6, 6.07) is 9.26. The van der Waals surface area contributed by atoms with Gasteiger partial charge in [-0.15, -0.1) is 0 Å². The van der Waals surface area contributed by atoms with Gasteiger partial charge in [0.1, 0.15) is 6.04 Å². The number of hydroxylamine groups is 2. The summed E-state index contributed by atoms with van der Waals surface area (Å²) in [5.74, 6) is -3.70. The number of nitrogens with one attached hydrogen (secondary N) is 2. The number of aliphatic carboxylic acids is 1. The molecule has 9 nitrogen and oxygen atoms in total. The molecule has 0 saturated carbocycles.